The SMILES string of the molecule is Cc1nn2c(=O)cc(COC(=O)c3ccc(NC(=O)COc4ccccc4Cl)cc3)nc2s1. The van der Waals surface area contributed by atoms with Crippen molar-refractivity contribution in [1.29, 1.82) is 0 Å². The number of nitrogens with zero attached hydrogens (tertiary/aromatic N) is 3. The van der Waals surface area contributed by atoms with Gasteiger partial charge in [0.2, 0.25) is 4.96 Å². The maximum Gasteiger partial charge on any atom is 0.338 e. The van der Waals surface area contributed by atoms with Crippen molar-refractivity contribution in [2.45, 2.75) is 13.5 Å². The first-order chi connectivity index (χ1) is 15.9. The van der Waals surface area contributed by atoms with E-state index in [-0.39, 0.29) is 30.2 Å². The first kappa shape index (κ1) is 22.4. The average Bonchev–Trinajstić information content (AvgIpc) is 3.18. The molecule has 0 atom stereocenters. The number of carbonyl (C=O) groups excluding carboxylic acids is 2. The van der Waals surface area contributed by atoms with Crippen LogP contribution in [0.2, 0.25) is 5.02 Å². The molecule has 168 valence electrons. The Balaban J connectivity index is 1.31. The highest BCUT2D eigenvalue weighted by Crippen LogP contribution is 2.23. The van der Waals surface area contributed by atoms with Crippen molar-refractivity contribution in [2.75, 3.05) is 11.9 Å². The van der Waals surface area contributed by atoms with Crippen molar-refractivity contribution in [2.24, 2.45) is 0 Å². The van der Waals surface area contributed by atoms with E-state index in [0.29, 0.717) is 32.1 Å². The monoisotopic (exact) mass is 484 g/mol. The summed E-state index contributed by atoms with van der Waals surface area (Å²) in [6.07, 6.45) is 0. The Labute approximate surface area is 196 Å². The number of aryl methyl sites for hydroxylation is 1. The van der Waals surface area contributed by atoms with Gasteiger partial charge in [-0.25, -0.2) is 9.78 Å². The third-order valence-electron chi connectivity index (χ3n) is 4.35. The summed E-state index contributed by atoms with van der Waals surface area (Å²) in [7, 11) is 0. The molecule has 0 saturated carbocycles. The molecule has 0 aliphatic rings. The number of hydrogen-bond acceptors (Lipinski definition) is 8. The zero-order valence-corrected chi connectivity index (χ0v) is 18.9. The van der Waals surface area contributed by atoms with Crippen LogP contribution in [0, 0.1) is 6.92 Å². The normalized spacial score (nSPS) is 10.7. The number of rotatable bonds is 7. The molecule has 0 aliphatic heterocycles. The molecule has 33 heavy (non-hydrogen) atoms. The minimum Gasteiger partial charge on any atom is -0.482 e. The zero-order valence-electron chi connectivity index (χ0n) is 17.3. The molecule has 0 saturated heterocycles. The van der Waals surface area contributed by atoms with Crippen LogP contribution in [0.25, 0.3) is 4.96 Å². The number of halogens is 1. The fourth-order valence-corrected chi connectivity index (χ4v) is 3.80. The summed E-state index contributed by atoms with van der Waals surface area (Å²) < 4.78 is 11.9. The maximum absolute atomic E-state index is 12.3. The number of aromatic nitrogens is 3. The number of hydrogen-bond donors (Lipinski definition) is 1. The summed E-state index contributed by atoms with van der Waals surface area (Å²) >= 11 is 7.26. The van der Waals surface area contributed by atoms with Gasteiger partial charge < -0.3 is 14.8 Å². The zero-order chi connectivity index (χ0) is 23.4. The molecule has 0 fully saturated rings. The second kappa shape index (κ2) is 9.80. The molecular formula is C22H17ClN4O5S. The molecule has 0 aliphatic carbocycles. The summed E-state index contributed by atoms with van der Waals surface area (Å²) in [6.45, 7) is 1.40. The number of amides is 1. The molecular weight excluding hydrogens is 468 g/mol. The Kier molecular flexibility index (Phi) is 6.66. The predicted octanol–water partition coefficient (Wildman–Crippen LogP) is 3.49. The van der Waals surface area contributed by atoms with Crippen molar-refractivity contribution in [3.8, 4) is 5.75 Å². The van der Waals surface area contributed by atoms with E-state index in [4.69, 9.17) is 21.1 Å². The number of esters is 1. The van der Waals surface area contributed by atoms with Gasteiger partial charge in [0.15, 0.2) is 6.61 Å². The standard InChI is InChI=1S/C22H17ClN4O5S/c1-13-26-27-20(29)10-16(25-22(27)33-13)11-32-21(30)14-6-8-15(9-7-14)24-19(28)12-31-18-5-3-2-4-17(18)23/h2-10H,11-12H2,1H3,(H,24,28). The van der Waals surface area contributed by atoms with Crippen molar-refractivity contribution in [3.63, 3.8) is 0 Å². The molecule has 2 aromatic carbocycles. The van der Waals surface area contributed by atoms with Crippen molar-refractivity contribution in [3.05, 3.63) is 86.2 Å². The fraction of sp³-hybridized carbons (Fsp3) is 0.136. The molecule has 4 aromatic rings. The van der Waals surface area contributed by atoms with Crippen LogP contribution in [-0.2, 0) is 16.1 Å². The topological polar surface area (TPSA) is 112 Å². The molecule has 4 rings (SSSR count). The molecule has 2 heterocycles. The van der Waals surface area contributed by atoms with E-state index in [1.165, 1.54) is 34.1 Å². The quantitative estimate of drug-likeness (QED) is 0.399. The Morgan fingerprint density at radius 3 is 2.67 bits per heavy atom. The van der Waals surface area contributed by atoms with Crippen LogP contribution in [0.5, 0.6) is 5.75 Å². The van der Waals surface area contributed by atoms with E-state index in [0.717, 1.165) is 0 Å². The molecule has 1 N–H and O–H groups in total. The Morgan fingerprint density at radius 2 is 1.91 bits per heavy atom. The van der Waals surface area contributed by atoms with Gasteiger partial charge in [0, 0.05) is 11.8 Å². The van der Waals surface area contributed by atoms with Crippen molar-refractivity contribution in [1.82, 2.24) is 14.6 Å². The van der Waals surface area contributed by atoms with E-state index in [1.54, 1.807) is 43.3 Å². The number of benzene rings is 2. The van der Waals surface area contributed by atoms with E-state index >= 15 is 0 Å². The molecule has 0 bridgehead atoms. The lowest BCUT2D eigenvalue weighted by molar-refractivity contribution is -0.118. The van der Waals surface area contributed by atoms with Crippen LogP contribution in [0.3, 0.4) is 0 Å². The summed E-state index contributed by atoms with van der Waals surface area (Å²) in [6, 6.07) is 14.3. The van der Waals surface area contributed by atoms with Crippen LogP contribution in [0.4, 0.5) is 5.69 Å². The maximum atomic E-state index is 12.3. The number of para-hydroxylation sites is 1. The van der Waals surface area contributed by atoms with Crippen LogP contribution >= 0.6 is 22.9 Å². The van der Waals surface area contributed by atoms with Crippen LogP contribution in [0.1, 0.15) is 21.1 Å². The molecule has 11 heteroatoms. The lowest BCUT2D eigenvalue weighted by atomic mass is 10.2. The molecule has 0 unspecified atom stereocenters. The van der Waals surface area contributed by atoms with E-state index < -0.39 is 5.97 Å². The number of nitrogens with one attached hydrogen (secondary N) is 1. The number of fused-ring (bicyclic) bond motifs is 1. The lowest BCUT2D eigenvalue weighted by Gasteiger charge is -2.09. The smallest absolute Gasteiger partial charge is 0.338 e. The second-order valence-corrected chi connectivity index (χ2v) is 8.39. The predicted molar refractivity (Wildman–Crippen MR) is 123 cm³/mol. The lowest BCUT2D eigenvalue weighted by Crippen LogP contribution is -2.20. The Hall–Kier alpha value is -3.76. The van der Waals surface area contributed by atoms with E-state index in [9.17, 15) is 14.4 Å². The Morgan fingerprint density at radius 1 is 1.15 bits per heavy atom. The van der Waals surface area contributed by atoms with E-state index in [2.05, 4.69) is 15.4 Å². The third kappa shape index (κ3) is 5.54. The first-order valence-corrected chi connectivity index (χ1v) is 10.9. The fourth-order valence-electron chi connectivity index (χ4n) is 2.84. The van der Waals surface area contributed by atoms with Gasteiger partial charge in [-0.1, -0.05) is 35.1 Å². The summed E-state index contributed by atoms with van der Waals surface area (Å²) in [5.41, 5.74) is 0.764. The third-order valence-corrected chi connectivity index (χ3v) is 5.49. The average molecular weight is 485 g/mol. The van der Waals surface area contributed by atoms with Crippen molar-refractivity contribution < 1.29 is 19.1 Å². The summed E-state index contributed by atoms with van der Waals surface area (Å²) in [5, 5.41) is 7.85. The van der Waals surface area contributed by atoms with Gasteiger partial charge in [0.1, 0.15) is 17.4 Å². The van der Waals surface area contributed by atoms with Crippen LogP contribution < -0.4 is 15.6 Å². The highest BCUT2D eigenvalue weighted by Gasteiger charge is 2.12. The van der Waals surface area contributed by atoms with Gasteiger partial charge in [0.25, 0.3) is 11.5 Å². The first-order valence-electron chi connectivity index (χ1n) is 9.70. The van der Waals surface area contributed by atoms with Gasteiger partial charge in [-0.15, -0.1) is 0 Å². The highest BCUT2D eigenvalue weighted by molar-refractivity contribution is 7.16. The van der Waals surface area contributed by atoms with Gasteiger partial charge in [-0.2, -0.15) is 9.61 Å². The van der Waals surface area contributed by atoms with Crippen LogP contribution in [0.15, 0.2) is 59.4 Å². The molecule has 1 amide bonds. The van der Waals surface area contributed by atoms with Crippen molar-refractivity contribution >= 4 is 45.5 Å². The van der Waals surface area contributed by atoms with Gasteiger partial charge in [-0.3, -0.25) is 9.59 Å². The summed E-state index contributed by atoms with van der Waals surface area (Å²) in [4.78, 5) is 41.2. The highest BCUT2D eigenvalue weighted by atomic mass is 35.5. The molecule has 0 spiro atoms. The van der Waals surface area contributed by atoms with Gasteiger partial charge >= 0.3 is 5.97 Å². The molecule has 9 nitrogen and oxygen atoms in total. The van der Waals surface area contributed by atoms with Crippen LogP contribution in [-0.4, -0.2) is 33.1 Å². The second-order valence-electron chi connectivity index (χ2n) is 6.82. The minimum atomic E-state index is -0.586. The van der Waals surface area contributed by atoms with Gasteiger partial charge in [0.05, 0.1) is 16.3 Å². The number of anilines is 1. The molecule has 2 aromatic heterocycles. The number of ether oxygens (including phenoxy) is 2. The minimum absolute atomic E-state index is 0.153. The largest absolute Gasteiger partial charge is 0.482 e. The Bertz CT molecular complexity index is 1380. The summed E-state index contributed by atoms with van der Waals surface area (Å²) in [5.74, 6) is -0.553. The van der Waals surface area contributed by atoms with E-state index in [1.807, 2.05) is 0 Å². The van der Waals surface area contributed by atoms with Gasteiger partial charge in [-0.05, 0) is 43.3 Å². The number of carbonyl (C=O) groups is 2. The molecule has 0 radical (unpaired) electrons.